The molecule has 1 rings (SSSR count). The highest BCUT2D eigenvalue weighted by Gasteiger charge is 1.96. The number of allylic oxidation sites excluding steroid dienone is 1. The number of rotatable bonds is 2. The van der Waals surface area contributed by atoms with Crippen LogP contribution in [-0.2, 0) is 4.79 Å². The third-order valence-corrected chi connectivity index (χ3v) is 1.64. The summed E-state index contributed by atoms with van der Waals surface area (Å²) in [5.41, 5.74) is 0.782. The highest BCUT2D eigenvalue weighted by atomic mass is 35.5. The number of carbonyl (C=O) groups is 1. The lowest BCUT2D eigenvalue weighted by atomic mass is 10.2. The van der Waals surface area contributed by atoms with Gasteiger partial charge in [0.05, 0.1) is 5.02 Å². The van der Waals surface area contributed by atoms with Crippen LogP contribution in [0.15, 0.2) is 24.3 Å². The zero-order valence-electron chi connectivity index (χ0n) is 6.20. The molecule has 0 heterocycles. The third kappa shape index (κ3) is 2.10. The minimum absolute atomic E-state index is 0.0416. The van der Waals surface area contributed by atoms with E-state index >= 15 is 0 Å². The van der Waals surface area contributed by atoms with E-state index in [9.17, 15) is 4.79 Å². The number of phenolic OH excluding ortho intramolecular Hbond substituents is 1. The van der Waals surface area contributed by atoms with Crippen LogP contribution in [0, 0.1) is 0 Å². The zero-order valence-corrected chi connectivity index (χ0v) is 6.95. The van der Waals surface area contributed by atoms with Gasteiger partial charge in [0.15, 0.2) is 0 Å². The van der Waals surface area contributed by atoms with Gasteiger partial charge in [-0.2, -0.15) is 0 Å². The predicted octanol–water partition coefficient (Wildman–Crippen LogP) is 2.26. The van der Waals surface area contributed by atoms with Gasteiger partial charge in [0.2, 0.25) is 0 Å². The molecule has 0 aliphatic heterocycles. The number of carbonyl (C=O) groups excluding carboxylic acids is 1. The number of phenols is 1. The normalized spacial score (nSPS) is 10.4. The highest BCUT2D eigenvalue weighted by molar-refractivity contribution is 6.32. The highest BCUT2D eigenvalue weighted by Crippen LogP contribution is 2.23. The van der Waals surface area contributed by atoms with E-state index in [1.54, 1.807) is 18.2 Å². The topological polar surface area (TPSA) is 37.3 Å². The number of hydrogen-bond acceptors (Lipinski definition) is 2. The molecule has 0 spiro atoms. The second-order valence-electron chi connectivity index (χ2n) is 2.21. The SMILES string of the molecule is O=C/C=C/c1ccc(O)c(Cl)c1. The summed E-state index contributed by atoms with van der Waals surface area (Å²) < 4.78 is 0. The molecule has 0 bridgehead atoms. The van der Waals surface area contributed by atoms with Gasteiger partial charge < -0.3 is 5.11 Å². The maximum absolute atomic E-state index is 9.96. The molecule has 0 aliphatic carbocycles. The lowest BCUT2D eigenvalue weighted by Gasteiger charge is -1.96. The summed E-state index contributed by atoms with van der Waals surface area (Å²) in [6.45, 7) is 0. The fourth-order valence-corrected chi connectivity index (χ4v) is 0.966. The Labute approximate surface area is 75.1 Å². The molecule has 0 fully saturated rings. The molecule has 1 aromatic carbocycles. The van der Waals surface area contributed by atoms with Gasteiger partial charge in [-0.3, -0.25) is 4.79 Å². The van der Waals surface area contributed by atoms with Gasteiger partial charge in [-0.1, -0.05) is 23.7 Å². The van der Waals surface area contributed by atoms with Crippen molar-refractivity contribution < 1.29 is 9.90 Å². The van der Waals surface area contributed by atoms with E-state index < -0.39 is 0 Å². The Morgan fingerprint density at radius 3 is 2.75 bits per heavy atom. The lowest BCUT2D eigenvalue weighted by Crippen LogP contribution is -1.73. The first-order valence-electron chi connectivity index (χ1n) is 3.34. The van der Waals surface area contributed by atoms with Crippen molar-refractivity contribution in [3.63, 3.8) is 0 Å². The van der Waals surface area contributed by atoms with Crippen LogP contribution in [0.4, 0.5) is 0 Å². The minimum atomic E-state index is 0.0416. The molecule has 0 aromatic heterocycles. The molecule has 0 radical (unpaired) electrons. The lowest BCUT2D eigenvalue weighted by molar-refractivity contribution is -0.104. The molecule has 0 aliphatic rings. The van der Waals surface area contributed by atoms with Crippen molar-refractivity contribution >= 4 is 24.0 Å². The van der Waals surface area contributed by atoms with Crippen LogP contribution in [-0.4, -0.2) is 11.4 Å². The van der Waals surface area contributed by atoms with Crippen molar-refractivity contribution in [2.24, 2.45) is 0 Å². The Bertz CT molecular complexity index is 318. The molecule has 2 nitrogen and oxygen atoms in total. The van der Waals surface area contributed by atoms with Crippen LogP contribution < -0.4 is 0 Å². The van der Waals surface area contributed by atoms with Crippen molar-refractivity contribution in [1.29, 1.82) is 0 Å². The Balaban J connectivity index is 2.96. The summed E-state index contributed by atoms with van der Waals surface area (Å²) in [4.78, 5) is 9.96. The molecular weight excluding hydrogens is 176 g/mol. The number of hydrogen-bond donors (Lipinski definition) is 1. The van der Waals surface area contributed by atoms with E-state index in [1.165, 1.54) is 12.1 Å². The Morgan fingerprint density at radius 1 is 1.42 bits per heavy atom. The average Bonchev–Trinajstić information content (AvgIpc) is 2.07. The maximum atomic E-state index is 9.96. The van der Waals surface area contributed by atoms with E-state index in [4.69, 9.17) is 16.7 Å². The van der Waals surface area contributed by atoms with Gasteiger partial charge in [-0.05, 0) is 23.8 Å². The van der Waals surface area contributed by atoms with Gasteiger partial charge >= 0.3 is 0 Å². The molecule has 1 aromatic rings. The average molecular weight is 183 g/mol. The fourth-order valence-electron chi connectivity index (χ4n) is 0.777. The molecule has 0 unspecified atom stereocenters. The summed E-state index contributed by atoms with van der Waals surface area (Å²) in [5.74, 6) is 0.0416. The summed E-state index contributed by atoms with van der Waals surface area (Å²) in [6, 6.07) is 4.73. The van der Waals surface area contributed by atoms with Crippen LogP contribution in [0.1, 0.15) is 5.56 Å². The summed E-state index contributed by atoms with van der Waals surface area (Å²) in [5, 5.41) is 9.32. The number of aromatic hydroxyl groups is 1. The minimum Gasteiger partial charge on any atom is -0.506 e. The monoisotopic (exact) mass is 182 g/mol. The van der Waals surface area contributed by atoms with E-state index in [-0.39, 0.29) is 10.8 Å². The number of aldehydes is 1. The molecule has 12 heavy (non-hydrogen) atoms. The fraction of sp³-hybridized carbons (Fsp3) is 0. The van der Waals surface area contributed by atoms with Crippen molar-refractivity contribution in [2.45, 2.75) is 0 Å². The molecule has 0 saturated heterocycles. The summed E-state index contributed by atoms with van der Waals surface area (Å²) in [7, 11) is 0. The van der Waals surface area contributed by atoms with Gasteiger partial charge in [0.1, 0.15) is 12.0 Å². The van der Waals surface area contributed by atoms with E-state index in [0.717, 1.165) is 5.56 Å². The second-order valence-corrected chi connectivity index (χ2v) is 2.61. The third-order valence-electron chi connectivity index (χ3n) is 1.34. The Morgan fingerprint density at radius 2 is 2.17 bits per heavy atom. The Kier molecular flexibility index (Phi) is 2.88. The predicted molar refractivity (Wildman–Crippen MR) is 48.2 cm³/mol. The van der Waals surface area contributed by atoms with Crippen LogP contribution in [0.25, 0.3) is 6.08 Å². The molecule has 3 heteroatoms. The van der Waals surface area contributed by atoms with Crippen molar-refractivity contribution in [1.82, 2.24) is 0 Å². The first kappa shape index (κ1) is 8.81. The van der Waals surface area contributed by atoms with E-state index in [1.807, 2.05) is 0 Å². The van der Waals surface area contributed by atoms with Crippen LogP contribution in [0.3, 0.4) is 0 Å². The smallest absolute Gasteiger partial charge is 0.142 e. The van der Waals surface area contributed by atoms with Crippen LogP contribution >= 0.6 is 11.6 Å². The van der Waals surface area contributed by atoms with Crippen LogP contribution in [0.2, 0.25) is 5.02 Å². The quantitative estimate of drug-likeness (QED) is 0.563. The molecular formula is C9H7ClO2. The maximum Gasteiger partial charge on any atom is 0.142 e. The standard InChI is InChI=1S/C9H7ClO2/c10-8-6-7(2-1-5-11)3-4-9(8)12/h1-6,12H/b2-1+. The molecule has 62 valence electrons. The van der Waals surface area contributed by atoms with Gasteiger partial charge in [0, 0.05) is 0 Å². The van der Waals surface area contributed by atoms with Crippen molar-refractivity contribution in [2.75, 3.05) is 0 Å². The number of benzene rings is 1. The molecule has 1 N–H and O–H groups in total. The van der Waals surface area contributed by atoms with E-state index in [2.05, 4.69) is 0 Å². The first-order valence-corrected chi connectivity index (χ1v) is 3.72. The molecule has 0 atom stereocenters. The van der Waals surface area contributed by atoms with Crippen LogP contribution in [0.5, 0.6) is 5.75 Å². The van der Waals surface area contributed by atoms with Crippen molar-refractivity contribution in [3.05, 3.63) is 34.9 Å². The van der Waals surface area contributed by atoms with Gasteiger partial charge in [-0.15, -0.1) is 0 Å². The number of halogens is 1. The first-order chi connectivity index (χ1) is 5.74. The molecule has 0 saturated carbocycles. The van der Waals surface area contributed by atoms with Crippen molar-refractivity contribution in [3.8, 4) is 5.75 Å². The molecule has 0 amide bonds. The van der Waals surface area contributed by atoms with E-state index in [0.29, 0.717) is 6.29 Å². The summed E-state index contributed by atoms with van der Waals surface area (Å²) >= 11 is 5.62. The van der Waals surface area contributed by atoms with Gasteiger partial charge in [0.25, 0.3) is 0 Å². The van der Waals surface area contributed by atoms with Gasteiger partial charge in [-0.25, -0.2) is 0 Å². The summed E-state index contributed by atoms with van der Waals surface area (Å²) in [6.07, 6.45) is 3.65. The second kappa shape index (κ2) is 3.93. The largest absolute Gasteiger partial charge is 0.506 e. The zero-order chi connectivity index (χ0) is 8.97. The Hall–Kier alpha value is -1.28.